The molecule has 0 saturated heterocycles. The number of carbonyl (C=O) groups is 2. The second-order valence-electron chi connectivity index (χ2n) is 7.58. The lowest BCUT2D eigenvalue weighted by molar-refractivity contribution is -0.119. The van der Waals surface area contributed by atoms with Crippen LogP contribution in [0, 0.1) is 5.41 Å². The van der Waals surface area contributed by atoms with E-state index in [2.05, 4.69) is 31.1 Å². The molecule has 0 aromatic heterocycles. The minimum atomic E-state index is -0.0796. The maximum atomic E-state index is 12.3. The first-order chi connectivity index (χ1) is 11.9. The van der Waals surface area contributed by atoms with E-state index in [0.717, 1.165) is 36.1 Å². The van der Waals surface area contributed by atoms with Gasteiger partial charge in [-0.05, 0) is 60.1 Å². The number of hydrogen-bond donors (Lipinski definition) is 1. The first-order valence-corrected chi connectivity index (χ1v) is 9.01. The molecule has 4 heteroatoms. The minimum absolute atomic E-state index is 0.0796. The van der Waals surface area contributed by atoms with E-state index in [9.17, 15) is 9.59 Å². The summed E-state index contributed by atoms with van der Waals surface area (Å²) in [4.78, 5) is 23.8. The van der Waals surface area contributed by atoms with Crippen LogP contribution in [-0.4, -0.2) is 18.2 Å². The normalized spacial score (nSPS) is 24.4. The van der Waals surface area contributed by atoms with E-state index in [0.29, 0.717) is 13.0 Å². The molecule has 2 aliphatic carbocycles. The minimum Gasteiger partial charge on any atom is -0.295 e. The Morgan fingerprint density at radius 1 is 1.40 bits per heavy atom. The van der Waals surface area contributed by atoms with Crippen molar-refractivity contribution in [2.45, 2.75) is 46.5 Å². The third-order valence-electron chi connectivity index (χ3n) is 6.19. The molecule has 3 aliphatic rings. The molecule has 4 nitrogen and oxygen atoms in total. The number of hydrazine groups is 1. The molecule has 0 fully saturated rings. The van der Waals surface area contributed by atoms with Gasteiger partial charge in [0, 0.05) is 24.3 Å². The first-order valence-electron chi connectivity index (χ1n) is 9.01. The van der Waals surface area contributed by atoms with E-state index < -0.39 is 0 Å². The van der Waals surface area contributed by atoms with Crippen LogP contribution >= 0.6 is 0 Å². The van der Waals surface area contributed by atoms with Crippen molar-refractivity contribution in [3.05, 3.63) is 41.0 Å². The summed E-state index contributed by atoms with van der Waals surface area (Å²) in [6, 6.07) is 4.20. The quantitative estimate of drug-likeness (QED) is 0.897. The van der Waals surface area contributed by atoms with Gasteiger partial charge in [-0.1, -0.05) is 19.6 Å². The predicted octanol–water partition coefficient (Wildman–Crippen LogP) is 3.66. The molecule has 1 aromatic rings. The van der Waals surface area contributed by atoms with Crippen molar-refractivity contribution < 1.29 is 9.59 Å². The largest absolute Gasteiger partial charge is 0.295 e. The molecule has 1 aromatic carbocycles. The van der Waals surface area contributed by atoms with Gasteiger partial charge in [0.05, 0.1) is 12.2 Å². The van der Waals surface area contributed by atoms with E-state index in [1.807, 2.05) is 11.9 Å². The van der Waals surface area contributed by atoms with Crippen molar-refractivity contribution in [2.24, 2.45) is 5.41 Å². The van der Waals surface area contributed by atoms with E-state index in [-0.39, 0.29) is 17.1 Å². The molecule has 1 aliphatic heterocycles. The predicted molar refractivity (Wildman–Crippen MR) is 99.9 cm³/mol. The molecule has 25 heavy (non-hydrogen) atoms. The molecule has 130 valence electrons. The lowest BCUT2D eigenvalue weighted by atomic mass is 9.68. The standard InChI is InChI=1S/C21H24N2O2/c1-5-21-9-8-18(25)13(3)20(21)15-6-7-17-19(16(15)10-21)12(2)11-23(17)22-14(4)24/h6-7H,2,5,8-11H2,1,3-4H3,(H,22,24). The van der Waals surface area contributed by atoms with Gasteiger partial charge in [-0.2, -0.15) is 0 Å². The zero-order chi connectivity index (χ0) is 17.9. The molecule has 0 saturated carbocycles. The van der Waals surface area contributed by atoms with Gasteiger partial charge in [-0.3, -0.25) is 20.0 Å². The Balaban J connectivity index is 1.91. The fraction of sp³-hybridized carbons (Fsp3) is 0.429. The highest BCUT2D eigenvalue weighted by Gasteiger charge is 2.47. The number of ketones is 1. The summed E-state index contributed by atoms with van der Waals surface area (Å²) in [5, 5.41) is 1.88. The van der Waals surface area contributed by atoms with Crippen LogP contribution in [0.5, 0.6) is 0 Å². The second-order valence-corrected chi connectivity index (χ2v) is 7.58. The van der Waals surface area contributed by atoms with Crippen molar-refractivity contribution in [2.75, 3.05) is 11.6 Å². The van der Waals surface area contributed by atoms with Crippen LogP contribution < -0.4 is 10.4 Å². The average molecular weight is 336 g/mol. The van der Waals surface area contributed by atoms with Crippen LogP contribution in [0.25, 0.3) is 11.1 Å². The summed E-state index contributed by atoms with van der Waals surface area (Å²) >= 11 is 0. The maximum Gasteiger partial charge on any atom is 0.235 e. The van der Waals surface area contributed by atoms with Gasteiger partial charge in [-0.15, -0.1) is 0 Å². The summed E-state index contributed by atoms with van der Waals surface area (Å²) in [6.45, 7) is 10.6. The Morgan fingerprint density at radius 3 is 2.84 bits per heavy atom. The third kappa shape index (κ3) is 2.13. The van der Waals surface area contributed by atoms with E-state index >= 15 is 0 Å². The van der Waals surface area contributed by atoms with E-state index in [4.69, 9.17) is 0 Å². The number of anilines is 1. The van der Waals surface area contributed by atoms with Gasteiger partial charge in [-0.25, -0.2) is 0 Å². The molecule has 1 unspecified atom stereocenters. The highest BCUT2D eigenvalue weighted by molar-refractivity contribution is 6.07. The van der Waals surface area contributed by atoms with Crippen molar-refractivity contribution in [3.63, 3.8) is 0 Å². The Morgan fingerprint density at radius 2 is 2.16 bits per heavy atom. The number of fused-ring (bicyclic) bond motifs is 5. The molecule has 1 atom stereocenters. The van der Waals surface area contributed by atoms with Crippen LogP contribution in [0.4, 0.5) is 5.69 Å². The lowest BCUT2D eigenvalue weighted by Crippen LogP contribution is -2.39. The molecule has 0 radical (unpaired) electrons. The number of nitrogens with zero attached hydrogens (tertiary/aromatic N) is 1. The third-order valence-corrected chi connectivity index (χ3v) is 6.19. The van der Waals surface area contributed by atoms with Gasteiger partial charge >= 0.3 is 0 Å². The van der Waals surface area contributed by atoms with Gasteiger partial charge in [0.15, 0.2) is 5.78 Å². The van der Waals surface area contributed by atoms with E-state index in [1.165, 1.54) is 29.2 Å². The summed E-state index contributed by atoms with van der Waals surface area (Å²) < 4.78 is 0. The number of allylic oxidation sites excluding steroid dienone is 2. The van der Waals surface area contributed by atoms with Crippen LogP contribution in [-0.2, 0) is 16.0 Å². The molecule has 1 N–H and O–H groups in total. The highest BCUT2D eigenvalue weighted by Crippen LogP contribution is 2.58. The number of carbonyl (C=O) groups excluding carboxylic acids is 2. The summed E-state index contributed by atoms with van der Waals surface area (Å²) in [7, 11) is 0. The smallest absolute Gasteiger partial charge is 0.235 e. The molecule has 0 spiro atoms. The number of Topliss-reactive ketones (excluding diaryl/α,β-unsaturated/α-hetero) is 1. The molecular formula is C21H24N2O2. The van der Waals surface area contributed by atoms with Crippen LogP contribution in [0.2, 0.25) is 0 Å². The van der Waals surface area contributed by atoms with Crippen molar-refractivity contribution in [1.82, 2.24) is 5.43 Å². The molecule has 4 rings (SSSR count). The number of hydrogen-bond acceptors (Lipinski definition) is 3. The van der Waals surface area contributed by atoms with Crippen LogP contribution in [0.3, 0.4) is 0 Å². The van der Waals surface area contributed by atoms with Crippen molar-refractivity contribution in [3.8, 4) is 0 Å². The number of amides is 1. The average Bonchev–Trinajstić information content (AvgIpc) is 3.06. The van der Waals surface area contributed by atoms with Crippen LogP contribution in [0.1, 0.15) is 56.7 Å². The monoisotopic (exact) mass is 336 g/mol. The highest BCUT2D eigenvalue weighted by atomic mass is 16.2. The lowest BCUT2D eigenvalue weighted by Gasteiger charge is -2.34. The van der Waals surface area contributed by atoms with Gasteiger partial charge in [0.25, 0.3) is 0 Å². The SMILES string of the molecule is C=C1CN(NC(C)=O)c2ccc3c(c21)CC1(CC)CCC(=O)C(C)=C31. The Labute approximate surface area is 148 Å². The fourth-order valence-electron chi connectivity index (χ4n) is 5.00. The van der Waals surface area contributed by atoms with Gasteiger partial charge in [0.2, 0.25) is 5.91 Å². The molecule has 1 amide bonds. The Kier molecular flexibility index (Phi) is 3.43. The molecule has 1 heterocycles. The maximum absolute atomic E-state index is 12.3. The number of nitrogens with one attached hydrogen (secondary N) is 1. The second kappa shape index (κ2) is 5.32. The number of benzene rings is 1. The van der Waals surface area contributed by atoms with Gasteiger partial charge in [0.1, 0.15) is 0 Å². The van der Waals surface area contributed by atoms with Gasteiger partial charge < -0.3 is 0 Å². The van der Waals surface area contributed by atoms with Crippen molar-refractivity contribution in [1.29, 1.82) is 0 Å². The zero-order valence-electron chi connectivity index (χ0n) is 15.2. The zero-order valence-corrected chi connectivity index (χ0v) is 15.2. The topological polar surface area (TPSA) is 49.4 Å². The summed E-state index contributed by atoms with van der Waals surface area (Å²) in [5.41, 5.74) is 10.9. The summed E-state index contributed by atoms with van der Waals surface area (Å²) in [6.07, 6.45) is 3.59. The number of rotatable bonds is 2. The first kappa shape index (κ1) is 16.1. The summed E-state index contributed by atoms with van der Waals surface area (Å²) in [5.74, 6) is 0.204. The molecular weight excluding hydrogens is 312 g/mol. The fourth-order valence-corrected chi connectivity index (χ4v) is 5.00. The van der Waals surface area contributed by atoms with Crippen LogP contribution in [0.15, 0.2) is 24.3 Å². The van der Waals surface area contributed by atoms with E-state index in [1.54, 1.807) is 0 Å². The van der Waals surface area contributed by atoms with Crippen molar-refractivity contribution >= 4 is 28.5 Å². The molecule has 0 bridgehead atoms. The Bertz CT molecular complexity index is 865. The Hall–Kier alpha value is -2.36.